The minimum atomic E-state index is -4.56. The van der Waals surface area contributed by atoms with Crippen LogP contribution in [-0.2, 0) is 24.6 Å². The molecule has 1 aromatic carbocycles. The molecule has 1 unspecified atom stereocenters. The molecule has 4 rings (SSSR count). The Bertz CT molecular complexity index is 963. The number of aryl methyl sites for hydroxylation is 1. The monoisotopic (exact) mass is 420 g/mol. The molecule has 0 bridgehead atoms. The Kier molecular flexibility index (Phi) is 5.29. The highest BCUT2D eigenvalue weighted by atomic mass is 19.4. The number of alkyl halides is 3. The van der Waals surface area contributed by atoms with E-state index in [-0.39, 0.29) is 23.6 Å². The summed E-state index contributed by atoms with van der Waals surface area (Å²) in [7, 11) is 1.71. The Morgan fingerprint density at radius 2 is 2.00 bits per heavy atom. The summed E-state index contributed by atoms with van der Waals surface area (Å²) in [6.45, 7) is -0.225. The molecule has 1 aliphatic heterocycles. The van der Waals surface area contributed by atoms with Crippen LogP contribution in [0.25, 0.3) is 0 Å². The van der Waals surface area contributed by atoms with Crippen molar-refractivity contribution < 1.29 is 22.8 Å². The lowest BCUT2D eigenvalue weighted by Crippen LogP contribution is -2.45. The average Bonchev–Trinajstić information content (AvgIpc) is 3.40. The summed E-state index contributed by atoms with van der Waals surface area (Å²) < 4.78 is 41.9. The van der Waals surface area contributed by atoms with Crippen LogP contribution >= 0.6 is 0 Å². The van der Waals surface area contributed by atoms with Gasteiger partial charge < -0.3 is 10.2 Å². The minimum Gasteiger partial charge on any atom is -0.322 e. The number of rotatable bonds is 5. The molecule has 0 radical (unpaired) electrons. The molecule has 1 N–H and O–H groups in total. The van der Waals surface area contributed by atoms with Gasteiger partial charge in [0.15, 0.2) is 5.82 Å². The molecule has 2 heterocycles. The van der Waals surface area contributed by atoms with Crippen LogP contribution in [0.2, 0.25) is 0 Å². The van der Waals surface area contributed by atoms with Gasteiger partial charge in [-0.3, -0.25) is 14.3 Å². The summed E-state index contributed by atoms with van der Waals surface area (Å²) in [6.07, 6.45) is 1.58. The van der Waals surface area contributed by atoms with E-state index >= 15 is 0 Å². The third kappa shape index (κ3) is 3.93. The molecule has 9 heteroatoms. The molecule has 0 saturated heterocycles. The molecule has 6 nitrogen and oxygen atoms in total. The van der Waals surface area contributed by atoms with Crippen LogP contribution in [-0.4, -0.2) is 32.5 Å². The Morgan fingerprint density at radius 3 is 2.63 bits per heavy atom. The highest BCUT2D eigenvalue weighted by Crippen LogP contribution is 2.39. The van der Waals surface area contributed by atoms with Crippen molar-refractivity contribution in [3.63, 3.8) is 0 Å². The maximum atomic E-state index is 13.5. The van der Waals surface area contributed by atoms with Crippen molar-refractivity contribution in [1.82, 2.24) is 14.7 Å². The van der Waals surface area contributed by atoms with Gasteiger partial charge in [0.25, 0.3) is 5.91 Å². The number of amides is 2. The van der Waals surface area contributed by atoms with Gasteiger partial charge in [-0.2, -0.15) is 18.3 Å². The van der Waals surface area contributed by atoms with Crippen molar-refractivity contribution in [3.05, 3.63) is 47.2 Å². The van der Waals surface area contributed by atoms with Crippen LogP contribution in [0.15, 0.2) is 30.5 Å². The summed E-state index contributed by atoms with van der Waals surface area (Å²) in [6, 6.07) is 4.40. The molecular formula is C21H23F3N4O2. The van der Waals surface area contributed by atoms with Crippen LogP contribution in [0.4, 0.5) is 19.0 Å². The lowest BCUT2D eigenvalue weighted by atomic mass is 9.96. The number of nitrogens with zero attached hydrogens (tertiary/aromatic N) is 3. The summed E-state index contributed by atoms with van der Waals surface area (Å²) in [4.78, 5) is 27.4. The molecule has 1 aliphatic carbocycles. The third-order valence-corrected chi connectivity index (χ3v) is 5.98. The first-order valence-corrected chi connectivity index (χ1v) is 10.0. The fraction of sp³-hybridized carbons (Fsp3) is 0.476. The topological polar surface area (TPSA) is 67.2 Å². The van der Waals surface area contributed by atoms with Crippen LogP contribution in [0.1, 0.15) is 53.6 Å². The summed E-state index contributed by atoms with van der Waals surface area (Å²) >= 11 is 0. The Morgan fingerprint density at radius 1 is 1.27 bits per heavy atom. The Balaban J connectivity index is 1.63. The fourth-order valence-electron chi connectivity index (χ4n) is 4.50. The van der Waals surface area contributed by atoms with Crippen molar-refractivity contribution >= 4 is 17.6 Å². The molecular weight excluding hydrogens is 397 g/mol. The smallest absolute Gasteiger partial charge is 0.322 e. The van der Waals surface area contributed by atoms with Gasteiger partial charge in [0.2, 0.25) is 5.91 Å². The number of halogens is 3. The fourth-order valence-corrected chi connectivity index (χ4v) is 4.50. The van der Waals surface area contributed by atoms with Crippen LogP contribution in [0.5, 0.6) is 0 Å². The van der Waals surface area contributed by atoms with Gasteiger partial charge >= 0.3 is 6.18 Å². The van der Waals surface area contributed by atoms with Gasteiger partial charge in [0.1, 0.15) is 6.04 Å². The van der Waals surface area contributed by atoms with Gasteiger partial charge in [0.05, 0.1) is 5.56 Å². The van der Waals surface area contributed by atoms with Crippen LogP contribution < -0.4 is 5.32 Å². The number of anilines is 1. The van der Waals surface area contributed by atoms with E-state index in [1.54, 1.807) is 19.3 Å². The molecule has 2 aromatic rings. The van der Waals surface area contributed by atoms with Crippen molar-refractivity contribution in [1.29, 1.82) is 0 Å². The maximum absolute atomic E-state index is 13.5. The van der Waals surface area contributed by atoms with Crippen molar-refractivity contribution in [2.24, 2.45) is 13.0 Å². The third-order valence-electron chi connectivity index (χ3n) is 5.98. The first kappa shape index (κ1) is 20.4. The average molecular weight is 420 g/mol. The van der Waals surface area contributed by atoms with E-state index in [9.17, 15) is 22.8 Å². The van der Waals surface area contributed by atoms with Crippen molar-refractivity contribution in [2.75, 3.05) is 5.32 Å². The second-order valence-electron chi connectivity index (χ2n) is 8.03. The minimum absolute atomic E-state index is 0.0203. The summed E-state index contributed by atoms with van der Waals surface area (Å²) in [5.74, 6) is -0.340. The largest absolute Gasteiger partial charge is 0.416 e. The van der Waals surface area contributed by atoms with E-state index in [0.29, 0.717) is 12.2 Å². The molecule has 1 saturated carbocycles. The van der Waals surface area contributed by atoms with E-state index in [1.165, 1.54) is 21.7 Å². The number of carbonyl (C=O) groups is 2. The Hall–Kier alpha value is -2.84. The van der Waals surface area contributed by atoms with Gasteiger partial charge in [-0.05, 0) is 30.0 Å². The van der Waals surface area contributed by atoms with E-state index in [4.69, 9.17) is 0 Å². The number of nitrogens with one attached hydrogen (secondary N) is 1. The lowest BCUT2D eigenvalue weighted by molar-refractivity contribution is -0.138. The highest BCUT2D eigenvalue weighted by molar-refractivity contribution is 6.03. The number of aromatic nitrogens is 2. The predicted molar refractivity (Wildman–Crippen MR) is 104 cm³/mol. The number of fused-ring (bicyclic) bond motifs is 1. The highest BCUT2D eigenvalue weighted by Gasteiger charge is 2.43. The molecule has 1 aromatic heterocycles. The van der Waals surface area contributed by atoms with Gasteiger partial charge in [0, 0.05) is 31.4 Å². The number of carbonyl (C=O) groups excluding carboxylic acids is 2. The predicted octanol–water partition coefficient (Wildman–Crippen LogP) is 3.98. The van der Waals surface area contributed by atoms with Gasteiger partial charge in [-0.1, -0.05) is 31.7 Å². The second-order valence-corrected chi connectivity index (χ2v) is 8.03. The molecule has 1 fully saturated rings. The van der Waals surface area contributed by atoms with E-state index in [2.05, 4.69) is 10.4 Å². The van der Waals surface area contributed by atoms with Crippen molar-refractivity contribution in [3.8, 4) is 0 Å². The number of hydrogen-bond acceptors (Lipinski definition) is 3. The van der Waals surface area contributed by atoms with Crippen LogP contribution in [0.3, 0.4) is 0 Å². The zero-order valence-electron chi connectivity index (χ0n) is 16.6. The second kappa shape index (κ2) is 7.77. The van der Waals surface area contributed by atoms with E-state index in [0.717, 1.165) is 31.7 Å². The summed E-state index contributed by atoms with van der Waals surface area (Å²) in [5, 5.41) is 6.85. The molecule has 2 aliphatic rings. The zero-order chi connectivity index (χ0) is 21.5. The standard InChI is InChI=1S/C21H23F3N4O2/c1-27-10-9-18(26-27)25-19(29)17(11-13-5-2-3-6-13)28-12-15-14(20(28)30)7-4-8-16(15)21(22,23)24/h4,7-10,13,17H,2-3,5-6,11-12H2,1H3,(H,25,26,29). The molecule has 1 atom stereocenters. The molecule has 0 spiro atoms. The van der Waals surface area contributed by atoms with Gasteiger partial charge in [-0.15, -0.1) is 0 Å². The molecule has 2 amide bonds. The first-order valence-electron chi connectivity index (χ1n) is 10.0. The number of benzene rings is 1. The molecule has 30 heavy (non-hydrogen) atoms. The number of hydrogen-bond donors (Lipinski definition) is 1. The van der Waals surface area contributed by atoms with Crippen molar-refractivity contribution in [2.45, 2.75) is 50.9 Å². The summed E-state index contributed by atoms with van der Waals surface area (Å²) in [5.41, 5.74) is -0.857. The van der Waals surface area contributed by atoms with E-state index in [1.807, 2.05) is 0 Å². The van der Waals surface area contributed by atoms with Crippen LogP contribution in [0, 0.1) is 5.92 Å². The Labute approximate surface area is 172 Å². The SMILES string of the molecule is Cn1ccc(NC(=O)C(CC2CCCC2)N2Cc3c(cccc3C(F)(F)F)C2=O)n1. The maximum Gasteiger partial charge on any atom is 0.416 e. The first-order chi connectivity index (χ1) is 14.2. The molecule has 160 valence electrons. The zero-order valence-corrected chi connectivity index (χ0v) is 16.6. The van der Waals surface area contributed by atoms with E-state index < -0.39 is 29.6 Å². The normalized spacial score (nSPS) is 18.0. The van der Waals surface area contributed by atoms with Gasteiger partial charge in [-0.25, -0.2) is 0 Å². The quantitative estimate of drug-likeness (QED) is 0.796. The lowest BCUT2D eigenvalue weighted by Gasteiger charge is -2.29.